The fourth-order valence-corrected chi connectivity index (χ4v) is 1.75. The summed E-state index contributed by atoms with van der Waals surface area (Å²) in [6.45, 7) is 4.85. The van der Waals surface area contributed by atoms with Crippen LogP contribution in [0.2, 0.25) is 0 Å². The zero-order valence-electron chi connectivity index (χ0n) is 9.98. The second-order valence-corrected chi connectivity index (χ2v) is 3.84. The summed E-state index contributed by atoms with van der Waals surface area (Å²) in [5.74, 6) is 0.816. The van der Waals surface area contributed by atoms with Gasteiger partial charge in [-0.15, -0.1) is 12.4 Å². The minimum Gasteiger partial charge on any atom is -0.459 e. The first-order valence-corrected chi connectivity index (χ1v) is 5.83. The first-order valence-electron chi connectivity index (χ1n) is 5.83. The molecule has 17 heavy (non-hydrogen) atoms. The van der Waals surface area contributed by atoms with Gasteiger partial charge >= 0.3 is 6.01 Å². The molecule has 1 aliphatic heterocycles. The van der Waals surface area contributed by atoms with Gasteiger partial charge in [-0.1, -0.05) is 0 Å². The monoisotopic (exact) mass is 258 g/mol. The molecular formula is C11H19ClN4O. The molecule has 0 aromatic carbocycles. The SMILES string of the molecule is CCNc1ccnc(O[C@@H]2CCCNC2)n1.Cl. The lowest BCUT2D eigenvalue weighted by molar-refractivity contribution is 0.153. The molecule has 2 rings (SSSR count). The number of nitrogens with zero attached hydrogens (tertiary/aromatic N) is 2. The van der Waals surface area contributed by atoms with Crippen molar-refractivity contribution in [3.63, 3.8) is 0 Å². The van der Waals surface area contributed by atoms with Crippen LogP contribution in [-0.2, 0) is 0 Å². The fourth-order valence-electron chi connectivity index (χ4n) is 1.75. The van der Waals surface area contributed by atoms with Gasteiger partial charge in [0.15, 0.2) is 0 Å². The zero-order chi connectivity index (χ0) is 11.2. The van der Waals surface area contributed by atoms with Crippen LogP contribution < -0.4 is 15.4 Å². The third kappa shape index (κ3) is 4.36. The molecular weight excluding hydrogens is 240 g/mol. The van der Waals surface area contributed by atoms with Gasteiger partial charge in [0, 0.05) is 19.3 Å². The number of rotatable bonds is 4. The van der Waals surface area contributed by atoms with Crippen LogP contribution in [0, 0.1) is 0 Å². The predicted molar refractivity (Wildman–Crippen MR) is 70.0 cm³/mol. The maximum absolute atomic E-state index is 5.72. The van der Waals surface area contributed by atoms with E-state index >= 15 is 0 Å². The van der Waals surface area contributed by atoms with Crippen molar-refractivity contribution >= 4 is 18.2 Å². The number of halogens is 1. The van der Waals surface area contributed by atoms with E-state index in [9.17, 15) is 0 Å². The molecule has 0 unspecified atom stereocenters. The number of ether oxygens (including phenoxy) is 1. The summed E-state index contributed by atoms with van der Waals surface area (Å²) in [6, 6.07) is 2.31. The lowest BCUT2D eigenvalue weighted by Crippen LogP contribution is -2.37. The fraction of sp³-hybridized carbons (Fsp3) is 0.636. The highest BCUT2D eigenvalue weighted by Crippen LogP contribution is 2.12. The summed E-state index contributed by atoms with van der Waals surface area (Å²) in [5.41, 5.74) is 0. The van der Waals surface area contributed by atoms with Gasteiger partial charge in [0.25, 0.3) is 0 Å². The molecule has 0 bridgehead atoms. The molecule has 2 heterocycles. The number of hydrogen-bond acceptors (Lipinski definition) is 5. The average Bonchev–Trinajstić information content (AvgIpc) is 2.31. The Labute approximate surface area is 108 Å². The lowest BCUT2D eigenvalue weighted by atomic mass is 10.1. The van der Waals surface area contributed by atoms with Crippen molar-refractivity contribution < 1.29 is 4.74 Å². The maximum Gasteiger partial charge on any atom is 0.318 e. The Bertz CT molecular complexity index is 331. The molecule has 1 aromatic heterocycles. The summed E-state index contributed by atoms with van der Waals surface area (Å²) in [6.07, 6.45) is 4.14. The van der Waals surface area contributed by atoms with Crippen LogP contribution in [0.5, 0.6) is 6.01 Å². The van der Waals surface area contributed by atoms with Gasteiger partial charge in [0.05, 0.1) is 0 Å². The first-order chi connectivity index (χ1) is 7.88. The number of piperidine rings is 1. The van der Waals surface area contributed by atoms with Crippen LogP contribution >= 0.6 is 12.4 Å². The normalized spacial score (nSPS) is 19.2. The third-order valence-electron chi connectivity index (χ3n) is 2.52. The maximum atomic E-state index is 5.72. The van der Waals surface area contributed by atoms with E-state index in [0.717, 1.165) is 38.3 Å². The summed E-state index contributed by atoms with van der Waals surface area (Å²) in [7, 11) is 0. The molecule has 0 spiro atoms. The molecule has 96 valence electrons. The minimum atomic E-state index is 0. The topological polar surface area (TPSA) is 59.1 Å². The van der Waals surface area contributed by atoms with E-state index in [1.54, 1.807) is 6.20 Å². The minimum absolute atomic E-state index is 0. The van der Waals surface area contributed by atoms with Crippen LogP contribution in [0.4, 0.5) is 5.82 Å². The highest BCUT2D eigenvalue weighted by atomic mass is 35.5. The van der Waals surface area contributed by atoms with Crippen molar-refractivity contribution in [3.05, 3.63) is 12.3 Å². The second-order valence-electron chi connectivity index (χ2n) is 3.84. The van der Waals surface area contributed by atoms with Crippen LogP contribution in [-0.4, -0.2) is 35.7 Å². The zero-order valence-corrected chi connectivity index (χ0v) is 10.8. The molecule has 1 aliphatic rings. The molecule has 5 nitrogen and oxygen atoms in total. The van der Waals surface area contributed by atoms with Gasteiger partial charge in [-0.2, -0.15) is 4.98 Å². The first kappa shape index (κ1) is 14.0. The largest absolute Gasteiger partial charge is 0.459 e. The van der Waals surface area contributed by atoms with Crippen molar-refractivity contribution in [2.45, 2.75) is 25.9 Å². The quantitative estimate of drug-likeness (QED) is 0.856. The average molecular weight is 259 g/mol. The highest BCUT2D eigenvalue weighted by molar-refractivity contribution is 5.85. The standard InChI is InChI=1S/C11H18N4O.ClH/c1-2-13-10-5-7-14-11(15-10)16-9-4-3-6-12-8-9;/h5,7,9,12H,2-4,6,8H2,1H3,(H,13,14,15);1H/t9-;/m1./s1. The van der Waals surface area contributed by atoms with Crippen LogP contribution in [0.1, 0.15) is 19.8 Å². The summed E-state index contributed by atoms with van der Waals surface area (Å²) in [4.78, 5) is 8.40. The van der Waals surface area contributed by atoms with E-state index < -0.39 is 0 Å². The Hall–Kier alpha value is -1.07. The van der Waals surface area contributed by atoms with Crippen molar-refractivity contribution in [1.82, 2.24) is 15.3 Å². The molecule has 1 atom stereocenters. The molecule has 2 N–H and O–H groups in total. The number of hydrogen-bond donors (Lipinski definition) is 2. The van der Waals surface area contributed by atoms with E-state index in [0.29, 0.717) is 6.01 Å². The summed E-state index contributed by atoms with van der Waals surface area (Å²) in [5, 5.41) is 6.44. The number of aromatic nitrogens is 2. The second kappa shape index (κ2) is 7.29. The van der Waals surface area contributed by atoms with Gasteiger partial charge < -0.3 is 15.4 Å². The van der Waals surface area contributed by atoms with E-state index in [-0.39, 0.29) is 18.5 Å². The van der Waals surface area contributed by atoms with Crippen molar-refractivity contribution in [2.75, 3.05) is 25.0 Å². The number of anilines is 1. The van der Waals surface area contributed by atoms with Gasteiger partial charge in [-0.3, -0.25) is 0 Å². The predicted octanol–water partition coefficient (Wildman–Crippen LogP) is 1.46. The van der Waals surface area contributed by atoms with E-state index in [4.69, 9.17) is 4.74 Å². The van der Waals surface area contributed by atoms with E-state index in [1.165, 1.54) is 0 Å². The summed E-state index contributed by atoms with van der Waals surface area (Å²) < 4.78 is 5.72. The Balaban J connectivity index is 0.00000144. The summed E-state index contributed by atoms with van der Waals surface area (Å²) >= 11 is 0. The third-order valence-corrected chi connectivity index (χ3v) is 2.52. The van der Waals surface area contributed by atoms with Crippen LogP contribution in [0.15, 0.2) is 12.3 Å². The molecule has 1 saturated heterocycles. The van der Waals surface area contributed by atoms with Gasteiger partial charge in [0.2, 0.25) is 0 Å². The molecule has 6 heteroatoms. The molecule has 0 aliphatic carbocycles. The van der Waals surface area contributed by atoms with Crippen molar-refractivity contribution in [1.29, 1.82) is 0 Å². The molecule has 0 radical (unpaired) electrons. The van der Waals surface area contributed by atoms with Crippen LogP contribution in [0.3, 0.4) is 0 Å². The Morgan fingerprint density at radius 1 is 1.59 bits per heavy atom. The smallest absolute Gasteiger partial charge is 0.318 e. The van der Waals surface area contributed by atoms with Crippen molar-refractivity contribution in [2.24, 2.45) is 0 Å². The van der Waals surface area contributed by atoms with E-state index in [1.807, 2.05) is 13.0 Å². The van der Waals surface area contributed by atoms with E-state index in [2.05, 4.69) is 20.6 Å². The Kier molecular flexibility index (Phi) is 6.00. The molecule has 0 saturated carbocycles. The highest BCUT2D eigenvalue weighted by Gasteiger charge is 2.15. The molecule has 0 amide bonds. The molecule has 1 fully saturated rings. The van der Waals surface area contributed by atoms with Gasteiger partial charge in [-0.25, -0.2) is 4.98 Å². The lowest BCUT2D eigenvalue weighted by Gasteiger charge is -2.22. The van der Waals surface area contributed by atoms with Gasteiger partial charge in [-0.05, 0) is 32.4 Å². The van der Waals surface area contributed by atoms with Crippen LogP contribution in [0.25, 0.3) is 0 Å². The number of nitrogens with one attached hydrogen (secondary N) is 2. The van der Waals surface area contributed by atoms with Gasteiger partial charge in [0.1, 0.15) is 11.9 Å². The Morgan fingerprint density at radius 2 is 2.47 bits per heavy atom. The van der Waals surface area contributed by atoms with Crippen molar-refractivity contribution in [3.8, 4) is 6.01 Å². The molecule has 1 aromatic rings. The Morgan fingerprint density at radius 3 is 3.18 bits per heavy atom.